The van der Waals surface area contributed by atoms with E-state index in [4.69, 9.17) is 14.2 Å². The lowest BCUT2D eigenvalue weighted by Crippen LogP contribution is -2.17. The molecule has 0 aromatic heterocycles. The van der Waals surface area contributed by atoms with Crippen LogP contribution in [-0.2, 0) is 17.9 Å². The van der Waals surface area contributed by atoms with Crippen LogP contribution in [0.2, 0.25) is 0 Å². The molecule has 0 unspecified atom stereocenters. The standard InChI is InChI=1S/C17H19NO3/c1-19-12-14-5-2-3-7-15(14)18-11-13-6-4-8-16-17(13)21-10-9-20-16/h2-8,18H,9-12H2,1H3. The Morgan fingerprint density at radius 2 is 1.81 bits per heavy atom. The Labute approximate surface area is 124 Å². The average Bonchev–Trinajstić information content (AvgIpc) is 2.54. The highest BCUT2D eigenvalue weighted by Gasteiger charge is 2.15. The summed E-state index contributed by atoms with van der Waals surface area (Å²) in [7, 11) is 1.70. The predicted molar refractivity (Wildman–Crippen MR) is 81.9 cm³/mol. The minimum absolute atomic E-state index is 0.593. The van der Waals surface area contributed by atoms with Crippen LogP contribution in [0, 0.1) is 0 Å². The highest BCUT2D eigenvalue weighted by atomic mass is 16.6. The first-order valence-electron chi connectivity index (χ1n) is 7.06. The number of hydrogen-bond acceptors (Lipinski definition) is 4. The highest BCUT2D eigenvalue weighted by molar-refractivity contribution is 5.53. The van der Waals surface area contributed by atoms with Crippen LogP contribution in [0.5, 0.6) is 11.5 Å². The van der Waals surface area contributed by atoms with Gasteiger partial charge in [-0.05, 0) is 12.1 Å². The number of anilines is 1. The molecule has 0 radical (unpaired) electrons. The first kappa shape index (κ1) is 13.8. The van der Waals surface area contributed by atoms with Gasteiger partial charge in [-0.25, -0.2) is 0 Å². The fraction of sp³-hybridized carbons (Fsp3) is 0.294. The van der Waals surface area contributed by atoms with E-state index in [1.807, 2.05) is 24.3 Å². The molecule has 110 valence electrons. The second-order valence-corrected chi connectivity index (χ2v) is 4.89. The Kier molecular flexibility index (Phi) is 4.26. The number of para-hydroxylation sites is 2. The first-order valence-corrected chi connectivity index (χ1v) is 7.06. The molecule has 0 fully saturated rings. The average molecular weight is 285 g/mol. The lowest BCUT2D eigenvalue weighted by molar-refractivity contribution is 0.170. The van der Waals surface area contributed by atoms with E-state index in [1.54, 1.807) is 7.11 Å². The van der Waals surface area contributed by atoms with Gasteiger partial charge in [0.2, 0.25) is 0 Å². The van der Waals surface area contributed by atoms with Crippen molar-refractivity contribution in [1.29, 1.82) is 0 Å². The summed E-state index contributed by atoms with van der Waals surface area (Å²) in [6.07, 6.45) is 0. The van der Waals surface area contributed by atoms with Gasteiger partial charge < -0.3 is 19.5 Å². The number of rotatable bonds is 5. The molecule has 4 heteroatoms. The van der Waals surface area contributed by atoms with Crippen LogP contribution in [0.15, 0.2) is 42.5 Å². The molecule has 0 saturated heterocycles. The molecule has 2 aromatic rings. The van der Waals surface area contributed by atoms with Gasteiger partial charge in [-0.15, -0.1) is 0 Å². The van der Waals surface area contributed by atoms with Gasteiger partial charge in [0, 0.05) is 30.5 Å². The zero-order valence-electron chi connectivity index (χ0n) is 12.1. The third-order valence-corrected chi connectivity index (χ3v) is 3.43. The molecule has 0 spiro atoms. The quantitative estimate of drug-likeness (QED) is 0.915. The molecule has 1 heterocycles. The maximum Gasteiger partial charge on any atom is 0.166 e. The van der Waals surface area contributed by atoms with E-state index in [1.165, 1.54) is 0 Å². The summed E-state index contributed by atoms with van der Waals surface area (Å²) in [6, 6.07) is 14.1. The number of methoxy groups -OCH3 is 1. The van der Waals surface area contributed by atoms with Gasteiger partial charge in [0.25, 0.3) is 0 Å². The fourth-order valence-electron chi connectivity index (χ4n) is 2.44. The molecule has 2 aromatic carbocycles. The normalized spacial score (nSPS) is 13.0. The van der Waals surface area contributed by atoms with Crippen molar-refractivity contribution in [2.45, 2.75) is 13.2 Å². The van der Waals surface area contributed by atoms with Gasteiger partial charge in [0.1, 0.15) is 13.2 Å². The summed E-state index contributed by atoms with van der Waals surface area (Å²) in [5.74, 6) is 1.67. The molecule has 0 aliphatic carbocycles. The molecule has 3 rings (SSSR count). The van der Waals surface area contributed by atoms with Crippen LogP contribution >= 0.6 is 0 Å². The maximum absolute atomic E-state index is 5.73. The SMILES string of the molecule is COCc1ccccc1NCc1cccc2c1OCCO2. The summed E-state index contributed by atoms with van der Waals surface area (Å²) in [5, 5.41) is 3.45. The molecular formula is C17H19NO3. The van der Waals surface area contributed by atoms with Crippen LogP contribution in [0.3, 0.4) is 0 Å². The van der Waals surface area contributed by atoms with E-state index in [-0.39, 0.29) is 0 Å². The summed E-state index contributed by atoms with van der Waals surface area (Å²) in [6.45, 7) is 2.49. The van der Waals surface area contributed by atoms with Crippen molar-refractivity contribution < 1.29 is 14.2 Å². The Morgan fingerprint density at radius 3 is 2.71 bits per heavy atom. The smallest absolute Gasteiger partial charge is 0.166 e. The van der Waals surface area contributed by atoms with Crippen molar-refractivity contribution in [2.24, 2.45) is 0 Å². The molecule has 1 N–H and O–H groups in total. The minimum atomic E-state index is 0.593. The van der Waals surface area contributed by atoms with Gasteiger partial charge in [-0.3, -0.25) is 0 Å². The Bertz CT molecular complexity index is 613. The highest BCUT2D eigenvalue weighted by Crippen LogP contribution is 2.34. The summed E-state index contributed by atoms with van der Waals surface area (Å²) in [4.78, 5) is 0. The van der Waals surface area contributed by atoms with E-state index >= 15 is 0 Å². The second kappa shape index (κ2) is 6.50. The molecule has 0 bridgehead atoms. The number of hydrogen-bond donors (Lipinski definition) is 1. The largest absolute Gasteiger partial charge is 0.486 e. The van der Waals surface area contributed by atoms with Crippen molar-refractivity contribution in [3.63, 3.8) is 0 Å². The van der Waals surface area contributed by atoms with Crippen LogP contribution in [-0.4, -0.2) is 20.3 Å². The molecule has 1 aliphatic rings. The van der Waals surface area contributed by atoms with E-state index in [9.17, 15) is 0 Å². The summed E-state index contributed by atoms with van der Waals surface area (Å²) < 4.78 is 16.6. The lowest BCUT2D eigenvalue weighted by Gasteiger charge is -2.21. The van der Waals surface area contributed by atoms with Crippen LogP contribution in [0.25, 0.3) is 0 Å². The molecule has 0 saturated carbocycles. The van der Waals surface area contributed by atoms with E-state index in [2.05, 4.69) is 23.5 Å². The molecule has 1 aliphatic heterocycles. The monoisotopic (exact) mass is 285 g/mol. The number of nitrogens with one attached hydrogen (secondary N) is 1. The van der Waals surface area contributed by atoms with Crippen molar-refractivity contribution in [2.75, 3.05) is 25.6 Å². The topological polar surface area (TPSA) is 39.7 Å². The Morgan fingerprint density at radius 1 is 1.00 bits per heavy atom. The fourth-order valence-corrected chi connectivity index (χ4v) is 2.44. The lowest BCUT2D eigenvalue weighted by atomic mass is 10.1. The maximum atomic E-state index is 5.73. The van der Waals surface area contributed by atoms with Crippen LogP contribution in [0.4, 0.5) is 5.69 Å². The van der Waals surface area contributed by atoms with E-state index in [0.29, 0.717) is 26.4 Å². The third kappa shape index (κ3) is 3.11. The van der Waals surface area contributed by atoms with E-state index < -0.39 is 0 Å². The van der Waals surface area contributed by atoms with Crippen molar-refractivity contribution >= 4 is 5.69 Å². The summed E-state index contributed by atoms with van der Waals surface area (Å²) >= 11 is 0. The second-order valence-electron chi connectivity index (χ2n) is 4.89. The Hall–Kier alpha value is -2.20. The van der Waals surface area contributed by atoms with Crippen molar-refractivity contribution in [3.8, 4) is 11.5 Å². The molecular weight excluding hydrogens is 266 g/mol. The van der Waals surface area contributed by atoms with Crippen LogP contribution < -0.4 is 14.8 Å². The predicted octanol–water partition coefficient (Wildman–Crippen LogP) is 3.22. The third-order valence-electron chi connectivity index (χ3n) is 3.43. The zero-order chi connectivity index (χ0) is 14.5. The number of benzene rings is 2. The summed E-state index contributed by atoms with van der Waals surface area (Å²) in [5.41, 5.74) is 3.31. The van der Waals surface area contributed by atoms with E-state index in [0.717, 1.165) is 28.3 Å². The van der Waals surface area contributed by atoms with Gasteiger partial charge in [0.15, 0.2) is 11.5 Å². The number of fused-ring (bicyclic) bond motifs is 1. The molecule has 4 nitrogen and oxygen atoms in total. The number of ether oxygens (including phenoxy) is 3. The van der Waals surface area contributed by atoms with Gasteiger partial charge in [-0.2, -0.15) is 0 Å². The first-order chi connectivity index (χ1) is 10.4. The molecule has 0 atom stereocenters. The molecule has 0 amide bonds. The van der Waals surface area contributed by atoms with Crippen molar-refractivity contribution in [1.82, 2.24) is 0 Å². The van der Waals surface area contributed by atoms with Crippen LogP contribution in [0.1, 0.15) is 11.1 Å². The minimum Gasteiger partial charge on any atom is -0.486 e. The zero-order valence-corrected chi connectivity index (χ0v) is 12.1. The van der Waals surface area contributed by atoms with Gasteiger partial charge >= 0.3 is 0 Å². The van der Waals surface area contributed by atoms with Crippen molar-refractivity contribution in [3.05, 3.63) is 53.6 Å². The molecule has 21 heavy (non-hydrogen) atoms. The Balaban J connectivity index is 1.76. The van der Waals surface area contributed by atoms with Gasteiger partial charge in [-0.1, -0.05) is 30.3 Å². The van der Waals surface area contributed by atoms with Gasteiger partial charge in [0.05, 0.1) is 6.61 Å².